The quantitative estimate of drug-likeness (QED) is 0.902. The van der Waals surface area contributed by atoms with Gasteiger partial charge in [-0.1, -0.05) is 29.8 Å². The van der Waals surface area contributed by atoms with E-state index >= 15 is 0 Å². The molecule has 7 heteroatoms. The van der Waals surface area contributed by atoms with E-state index in [4.69, 9.17) is 16.3 Å². The van der Waals surface area contributed by atoms with Gasteiger partial charge in [-0.15, -0.1) is 0 Å². The third-order valence-corrected chi connectivity index (χ3v) is 2.35. The summed E-state index contributed by atoms with van der Waals surface area (Å²) in [5.41, 5.74) is -0.597. The number of halogens is 1. The molecule has 0 spiro atoms. The Kier molecular flexibility index (Phi) is 3.82. The van der Waals surface area contributed by atoms with Crippen molar-refractivity contribution < 1.29 is 9.53 Å². The fourth-order valence-corrected chi connectivity index (χ4v) is 1.50. The maximum Gasteiger partial charge on any atom is 0.292 e. The number of aromatic amines is 1. The average Bonchev–Trinajstić information content (AvgIpc) is 2.36. The van der Waals surface area contributed by atoms with Gasteiger partial charge < -0.3 is 15.0 Å². The Balaban J connectivity index is 2.35. The van der Waals surface area contributed by atoms with Crippen LogP contribution in [0.15, 0.2) is 35.1 Å². The van der Waals surface area contributed by atoms with E-state index in [1.165, 1.54) is 6.92 Å². The number of anilines is 1. The van der Waals surface area contributed by atoms with E-state index in [1.807, 2.05) is 6.07 Å². The van der Waals surface area contributed by atoms with Crippen molar-refractivity contribution in [1.29, 1.82) is 0 Å². The summed E-state index contributed by atoms with van der Waals surface area (Å²) >= 11 is 5.83. The van der Waals surface area contributed by atoms with E-state index in [2.05, 4.69) is 15.3 Å². The van der Waals surface area contributed by atoms with Gasteiger partial charge in [0.2, 0.25) is 11.7 Å². The summed E-state index contributed by atoms with van der Waals surface area (Å²) in [7, 11) is 0. The molecule has 2 aromatic rings. The van der Waals surface area contributed by atoms with Crippen molar-refractivity contribution in [2.24, 2.45) is 0 Å². The summed E-state index contributed by atoms with van der Waals surface area (Å²) < 4.78 is 5.42. The second-order valence-electron chi connectivity index (χ2n) is 3.63. The number of carbonyl (C=O) groups excluding carboxylic acids is 1. The number of H-pyrrole nitrogens is 1. The van der Waals surface area contributed by atoms with E-state index in [0.717, 1.165) is 0 Å². The summed E-state index contributed by atoms with van der Waals surface area (Å²) in [5.74, 6) is -0.0530. The normalized spacial score (nSPS) is 10.0. The van der Waals surface area contributed by atoms with E-state index < -0.39 is 11.5 Å². The van der Waals surface area contributed by atoms with Gasteiger partial charge >= 0.3 is 0 Å². The number of hydrogen-bond donors (Lipinski definition) is 2. The molecule has 0 atom stereocenters. The first kappa shape index (κ1) is 13.1. The first-order valence-corrected chi connectivity index (χ1v) is 5.74. The molecule has 0 saturated carbocycles. The van der Waals surface area contributed by atoms with Crippen LogP contribution in [0.25, 0.3) is 0 Å². The van der Waals surface area contributed by atoms with Gasteiger partial charge in [0.05, 0.1) is 0 Å². The van der Waals surface area contributed by atoms with Crippen molar-refractivity contribution in [2.75, 3.05) is 5.32 Å². The van der Waals surface area contributed by atoms with Crippen LogP contribution >= 0.6 is 11.6 Å². The van der Waals surface area contributed by atoms with Gasteiger partial charge in [0.1, 0.15) is 5.75 Å². The first-order valence-electron chi connectivity index (χ1n) is 5.36. The van der Waals surface area contributed by atoms with Gasteiger partial charge in [-0.05, 0) is 12.1 Å². The van der Waals surface area contributed by atoms with Crippen LogP contribution in [-0.4, -0.2) is 15.9 Å². The van der Waals surface area contributed by atoms with Crippen molar-refractivity contribution in [3.05, 3.63) is 45.8 Å². The van der Waals surface area contributed by atoms with Crippen LogP contribution in [0.3, 0.4) is 0 Å². The van der Waals surface area contributed by atoms with Crippen molar-refractivity contribution in [2.45, 2.75) is 6.92 Å². The Labute approximate surface area is 113 Å². The average molecular weight is 280 g/mol. The Hall–Kier alpha value is -2.34. The zero-order chi connectivity index (χ0) is 13.8. The Morgan fingerprint density at radius 3 is 2.68 bits per heavy atom. The van der Waals surface area contributed by atoms with Crippen LogP contribution in [0.5, 0.6) is 11.6 Å². The molecule has 0 bridgehead atoms. The highest BCUT2D eigenvalue weighted by atomic mass is 35.5. The van der Waals surface area contributed by atoms with Crippen molar-refractivity contribution in [3.8, 4) is 11.6 Å². The molecule has 0 aliphatic heterocycles. The third-order valence-electron chi connectivity index (χ3n) is 2.09. The third kappa shape index (κ3) is 3.32. The van der Waals surface area contributed by atoms with Crippen LogP contribution < -0.4 is 15.6 Å². The van der Waals surface area contributed by atoms with E-state index in [0.29, 0.717) is 5.75 Å². The van der Waals surface area contributed by atoms with E-state index in [9.17, 15) is 9.59 Å². The highest BCUT2D eigenvalue weighted by molar-refractivity contribution is 6.30. The van der Waals surface area contributed by atoms with Gasteiger partial charge in [0.25, 0.3) is 11.4 Å². The maximum absolute atomic E-state index is 11.5. The lowest BCUT2D eigenvalue weighted by Crippen LogP contribution is -2.19. The SMILES string of the molecule is CC(=O)Nc1nc(Oc2ccccc2)c(Cl)[nH]c1=O. The largest absolute Gasteiger partial charge is 0.436 e. The number of carbonyl (C=O) groups is 1. The molecular formula is C12H10ClN3O3. The topological polar surface area (TPSA) is 84.1 Å². The van der Waals surface area contributed by atoms with Crippen LogP contribution in [0, 0.1) is 0 Å². The monoisotopic (exact) mass is 279 g/mol. The predicted octanol–water partition coefficient (Wildman–Crippen LogP) is 2.17. The Morgan fingerprint density at radius 2 is 2.05 bits per heavy atom. The molecule has 0 radical (unpaired) electrons. The van der Waals surface area contributed by atoms with Gasteiger partial charge in [-0.3, -0.25) is 9.59 Å². The van der Waals surface area contributed by atoms with Crippen LogP contribution in [0.2, 0.25) is 5.15 Å². The number of para-hydroxylation sites is 1. The number of nitrogens with one attached hydrogen (secondary N) is 2. The molecule has 2 N–H and O–H groups in total. The molecule has 1 heterocycles. The molecule has 2 rings (SSSR count). The van der Waals surface area contributed by atoms with Crippen molar-refractivity contribution in [1.82, 2.24) is 9.97 Å². The predicted molar refractivity (Wildman–Crippen MR) is 70.7 cm³/mol. The summed E-state index contributed by atoms with van der Waals surface area (Å²) in [6, 6.07) is 8.81. The molecule has 98 valence electrons. The first-order chi connectivity index (χ1) is 9.06. The molecule has 0 saturated heterocycles. The highest BCUT2D eigenvalue weighted by Gasteiger charge is 2.12. The molecule has 0 unspecified atom stereocenters. The van der Waals surface area contributed by atoms with E-state index in [-0.39, 0.29) is 16.9 Å². The van der Waals surface area contributed by atoms with E-state index in [1.54, 1.807) is 24.3 Å². The molecule has 6 nitrogen and oxygen atoms in total. The van der Waals surface area contributed by atoms with Crippen molar-refractivity contribution >= 4 is 23.3 Å². The Bertz CT molecular complexity index is 655. The smallest absolute Gasteiger partial charge is 0.292 e. The summed E-state index contributed by atoms with van der Waals surface area (Å²) in [6.45, 7) is 1.27. The lowest BCUT2D eigenvalue weighted by molar-refractivity contribution is -0.114. The standard InChI is InChI=1S/C12H10ClN3O3/c1-7(17)14-10-11(18)15-9(13)12(16-10)19-8-5-3-2-4-6-8/h2-6H,1H3,(H,15,18)(H,14,16,17). The molecule has 1 aromatic heterocycles. The molecule has 0 aliphatic carbocycles. The second kappa shape index (κ2) is 5.53. The number of nitrogens with zero attached hydrogens (tertiary/aromatic N) is 1. The lowest BCUT2D eigenvalue weighted by atomic mass is 10.3. The van der Waals surface area contributed by atoms with Crippen LogP contribution in [0.4, 0.5) is 5.82 Å². The summed E-state index contributed by atoms with van der Waals surface area (Å²) in [6.07, 6.45) is 0. The number of ether oxygens (including phenoxy) is 1. The minimum atomic E-state index is -0.597. The van der Waals surface area contributed by atoms with Gasteiger partial charge in [-0.25, -0.2) is 0 Å². The fraction of sp³-hybridized carbons (Fsp3) is 0.0833. The van der Waals surface area contributed by atoms with Gasteiger partial charge in [-0.2, -0.15) is 4.98 Å². The maximum atomic E-state index is 11.5. The number of benzene rings is 1. The minimum absolute atomic E-state index is 0.0104. The zero-order valence-corrected chi connectivity index (χ0v) is 10.7. The van der Waals surface area contributed by atoms with Crippen LogP contribution in [-0.2, 0) is 4.79 Å². The Morgan fingerprint density at radius 1 is 1.37 bits per heavy atom. The van der Waals surface area contributed by atoms with Crippen molar-refractivity contribution in [3.63, 3.8) is 0 Å². The minimum Gasteiger partial charge on any atom is -0.436 e. The summed E-state index contributed by atoms with van der Waals surface area (Å²) in [5, 5.41) is 2.26. The zero-order valence-electron chi connectivity index (χ0n) is 9.94. The molecule has 19 heavy (non-hydrogen) atoms. The lowest BCUT2D eigenvalue weighted by Gasteiger charge is -2.07. The van der Waals surface area contributed by atoms with Crippen LogP contribution in [0.1, 0.15) is 6.92 Å². The second-order valence-corrected chi connectivity index (χ2v) is 4.01. The molecule has 0 aliphatic rings. The van der Waals surface area contributed by atoms with Gasteiger partial charge in [0, 0.05) is 6.92 Å². The fourth-order valence-electron chi connectivity index (χ4n) is 1.33. The molecule has 1 amide bonds. The summed E-state index contributed by atoms with van der Waals surface area (Å²) in [4.78, 5) is 28.7. The number of hydrogen-bond acceptors (Lipinski definition) is 4. The molecular weight excluding hydrogens is 270 g/mol. The highest BCUT2D eigenvalue weighted by Crippen LogP contribution is 2.24. The van der Waals surface area contributed by atoms with Gasteiger partial charge in [0.15, 0.2) is 5.15 Å². The molecule has 0 fully saturated rings. The number of rotatable bonds is 3. The molecule has 1 aromatic carbocycles. The number of amides is 1. The number of aromatic nitrogens is 2.